The second kappa shape index (κ2) is 12.6. The van der Waals surface area contributed by atoms with Crippen molar-refractivity contribution >= 4 is 28.6 Å². The number of rotatable bonds is 11. The zero-order valence-electron chi connectivity index (χ0n) is 20.3. The highest BCUT2D eigenvalue weighted by molar-refractivity contribution is 8.14. The van der Waals surface area contributed by atoms with Gasteiger partial charge in [-0.2, -0.15) is 0 Å². The van der Waals surface area contributed by atoms with Gasteiger partial charge in [-0.25, -0.2) is 4.39 Å². The van der Waals surface area contributed by atoms with Crippen LogP contribution in [-0.4, -0.2) is 71.8 Å². The highest BCUT2D eigenvalue weighted by atomic mass is 32.2. The molecule has 3 rings (SSSR count). The number of likely N-dealkylation sites (N-methyl/N-ethyl adjacent to an activating group) is 1. The van der Waals surface area contributed by atoms with Gasteiger partial charge in [0.05, 0.1) is 19.1 Å². The lowest BCUT2D eigenvalue weighted by molar-refractivity contribution is -0.143. The molecule has 6 nitrogen and oxygen atoms in total. The number of halogens is 1. The van der Waals surface area contributed by atoms with E-state index in [9.17, 15) is 18.8 Å². The normalized spacial score (nSPS) is 21.0. The Balaban J connectivity index is 1.77. The molecule has 1 heterocycles. The molecule has 186 valence electrons. The number of carbonyl (C=O) groups is 3. The van der Waals surface area contributed by atoms with Crippen LogP contribution in [0.4, 0.5) is 4.39 Å². The van der Waals surface area contributed by atoms with Crippen molar-refractivity contribution in [2.24, 2.45) is 5.92 Å². The lowest BCUT2D eigenvalue weighted by atomic mass is 9.93. The van der Waals surface area contributed by atoms with Crippen LogP contribution in [0.5, 0.6) is 0 Å². The summed E-state index contributed by atoms with van der Waals surface area (Å²) in [5.41, 5.74) is 1.50. The molecule has 1 aliphatic heterocycles. The molecule has 0 spiro atoms. The zero-order valence-corrected chi connectivity index (χ0v) is 21.1. The number of nitrogens with zero attached hydrogens (tertiary/aromatic N) is 2. The van der Waals surface area contributed by atoms with Gasteiger partial charge in [-0.3, -0.25) is 19.3 Å². The largest absolute Gasteiger partial charge is 0.466 e. The predicted octanol–water partition coefficient (Wildman–Crippen LogP) is 4.01. The van der Waals surface area contributed by atoms with Gasteiger partial charge in [0, 0.05) is 49.8 Å². The van der Waals surface area contributed by atoms with E-state index in [1.54, 1.807) is 32.0 Å². The summed E-state index contributed by atoms with van der Waals surface area (Å²) >= 11 is 1.31. The van der Waals surface area contributed by atoms with Crippen molar-refractivity contribution < 1.29 is 23.5 Å². The number of likely N-dealkylation sites (tertiary alicyclic amines) is 1. The fraction of sp³-hybridized carbons (Fsp3) is 0.577. The van der Waals surface area contributed by atoms with Crippen LogP contribution in [0.15, 0.2) is 35.9 Å². The lowest BCUT2D eigenvalue weighted by Gasteiger charge is -2.38. The van der Waals surface area contributed by atoms with Gasteiger partial charge in [0.2, 0.25) is 0 Å². The van der Waals surface area contributed by atoms with Crippen LogP contribution < -0.4 is 0 Å². The molecule has 34 heavy (non-hydrogen) atoms. The highest BCUT2D eigenvalue weighted by Gasteiger charge is 2.41. The van der Waals surface area contributed by atoms with Gasteiger partial charge < -0.3 is 9.64 Å². The molecule has 0 N–H and O–H groups in total. The van der Waals surface area contributed by atoms with E-state index in [1.807, 2.05) is 11.9 Å². The van der Waals surface area contributed by atoms with Crippen LogP contribution in [0.1, 0.15) is 51.1 Å². The number of ether oxygens (including phenoxy) is 1. The number of thioether (sulfide) groups is 1. The molecule has 8 heteroatoms. The Bertz CT molecular complexity index is 918. The fourth-order valence-corrected chi connectivity index (χ4v) is 5.28. The summed E-state index contributed by atoms with van der Waals surface area (Å²) in [6.45, 7) is 6.03. The summed E-state index contributed by atoms with van der Waals surface area (Å²) in [5.74, 6) is -0.475. The van der Waals surface area contributed by atoms with Crippen molar-refractivity contribution in [2.45, 2.75) is 50.8 Å². The zero-order chi connectivity index (χ0) is 24.7. The van der Waals surface area contributed by atoms with E-state index in [4.69, 9.17) is 4.74 Å². The monoisotopic (exact) mass is 490 g/mol. The number of Topliss-reactive ketones (excluding diaryl/α,β-unsaturated/α-hetero) is 1. The number of esters is 1. The third kappa shape index (κ3) is 7.48. The van der Waals surface area contributed by atoms with Gasteiger partial charge in [-0.05, 0) is 44.9 Å². The minimum absolute atomic E-state index is 0.00960. The van der Waals surface area contributed by atoms with Crippen LogP contribution >= 0.6 is 11.8 Å². The van der Waals surface area contributed by atoms with Crippen LogP contribution in [0.3, 0.4) is 0 Å². The van der Waals surface area contributed by atoms with Crippen molar-refractivity contribution in [2.75, 3.05) is 39.8 Å². The lowest BCUT2D eigenvalue weighted by Crippen LogP contribution is -2.43. The number of carbonyl (C=O) groups excluding carboxylic acids is 3. The van der Waals surface area contributed by atoms with Gasteiger partial charge in [0.25, 0.3) is 0 Å². The van der Waals surface area contributed by atoms with Crippen LogP contribution in [0.25, 0.3) is 0 Å². The molecular weight excluding hydrogens is 455 g/mol. The molecule has 0 aromatic heterocycles. The molecule has 0 amide bonds. The first-order chi connectivity index (χ1) is 16.3. The average molecular weight is 491 g/mol. The Morgan fingerprint density at radius 2 is 2.00 bits per heavy atom. The molecule has 2 atom stereocenters. The summed E-state index contributed by atoms with van der Waals surface area (Å²) in [6.07, 6.45) is 4.86. The van der Waals surface area contributed by atoms with Crippen molar-refractivity contribution in [1.82, 2.24) is 9.80 Å². The Hall–Kier alpha value is -2.03. The maximum absolute atomic E-state index is 14.8. The molecule has 1 aromatic carbocycles. The van der Waals surface area contributed by atoms with E-state index in [2.05, 4.69) is 11.0 Å². The van der Waals surface area contributed by atoms with Crippen molar-refractivity contribution in [3.8, 4) is 0 Å². The van der Waals surface area contributed by atoms with E-state index in [-0.39, 0.29) is 33.9 Å². The molecule has 1 aliphatic carbocycles. The second-order valence-corrected chi connectivity index (χ2v) is 10.4. The van der Waals surface area contributed by atoms with Crippen molar-refractivity contribution in [3.05, 3.63) is 47.3 Å². The van der Waals surface area contributed by atoms with Crippen LogP contribution in [0, 0.1) is 11.7 Å². The molecule has 0 radical (unpaired) electrons. The number of hydrogen-bond donors (Lipinski definition) is 0. The quantitative estimate of drug-likeness (QED) is 0.343. The fourth-order valence-electron chi connectivity index (χ4n) is 4.33. The average Bonchev–Trinajstić information content (AvgIpc) is 3.64. The Morgan fingerprint density at radius 3 is 2.65 bits per heavy atom. The first-order valence-corrected chi connectivity index (χ1v) is 12.9. The van der Waals surface area contributed by atoms with Crippen molar-refractivity contribution in [3.63, 3.8) is 0 Å². The van der Waals surface area contributed by atoms with E-state index in [0.717, 1.165) is 18.4 Å². The molecule has 2 unspecified atom stereocenters. The first kappa shape index (κ1) is 26.6. The van der Waals surface area contributed by atoms with E-state index in [1.165, 1.54) is 17.8 Å². The van der Waals surface area contributed by atoms with Gasteiger partial charge in [0.1, 0.15) is 5.82 Å². The molecular formula is C26H35FN2O4S. The number of hydrogen-bond acceptors (Lipinski definition) is 7. The third-order valence-electron chi connectivity index (χ3n) is 6.27. The van der Waals surface area contributed by atoms with Crippen LogP contribution in [-0.2, 0) is 19.1 Å². The van der Waals surface area contributed by atoms with Gasteiger partial charge >= 0.3 is 5.97 Å². The Morgan fingerprint density at radius 1 is 1.26 bits per heavy atom. The summed E-state index contributed by atoms with van der Waals surface area (Å²) in [5, 5.41) is 0.0873. The van der Waals surface area contributed by atoms with E-state index in [0.29, 0.717) is 51.2 Å². The second-order valence-electron chi connectivity index (χ2n) is 9.05. The summed E-state index contributed by atoms with van der Waals surface area (Å²) in [7, 11) is 1.93. The van der Waals surface area contributed by atoms with Gasteiger partial charge in [-0.1, -0.05) is 36.0 Å². The minimum atomic E-state index is -0.609. The maximum atomic E-state index is 14.8. The highest BCUT2D eigenvalue weighted by Crippen LogP contribution is 2.40. The van der Waals surface area contributed by atoms with Gasteiger partial charge in [-0.15, -0.1) is 0 Å². The molecule has 1 saturated heterocycles. The smallest absolute Gasteiger partial charge is 0.307 e. The number of ketones is 1. The first-order valence-electron chi connectivity index (χ1n) is 12.0. The topological polar surface area (TPSA) is 66.9 Å². The Labute approximate surface area is 205 Å². The predicted molar refractivity (Wildman–Crippen MR) is 132 cm³/mol. The van der Waals surface area contributed by atoms with E-state index >= 15 is 0 Å². The SMILES string of the molecule is CCOC(=O)CCN(C)CC=C1CN(C(C(=O)C2CC2)c2ccccc2F)CCC1SC(C)=O. The van der Waals surface area contributed by atoms with Crippen molar-refractivity contribution in [1.29, 1.82) is 0 Å². The molecule has 0 bridgehead atoms. The summed E-state index contributed by atoms with van der Waals surface area (Å²) in [4.78, 5) is 40.9. The molecule has 2 aliphatic rings. The summed E-state index contributed by atoms with van der Waals surface area (Å²) < 4.78 is 19.8. The molecule has 1 saturated carbocycles. The Kier molecular flexibility index (Phi) is 9.85. The van der Waals surface area contributed by atoms with Gasteiger partial charge in [0.15, 0.2) is 10.9 Å². The number of piperidine rings is 1. The third-order valence-corrected chi connectivity index (χ3v) is 7.42. The van der Waals surface area contributed by atoms with Crippen LogP contribution in [0.2, 0.25) is 0 Å². The molecule has 1 aromatic rings. The minimum Gasteiger partial charge on any atom is -0.466 e. The maximum Gasteiger partial charge on any atom is 0.307 e. The standard InChI is InChI=1S/C26H35FN2O4S/c1-4-33-24(31)13-15-28(3)14-11-20-17-29(16-12-23(20)34-18(2)30)25(26(32)19-9-10-19)21-7-5-6-8-22(21)27/h5-8,11,19,23,25H,4,9-10,12-17H2,1-3H3. The molecule has 2 fully saturated rings. The number of benzene rings is 1. The summed E-state index contributed by atoms with van der Waals surface area (Å²) in [6, 6.07) is 5.94. The van der Waals surface area contributed by atoms with E-state index < -0.39 is 6.04 Å².